The van der Waals surface area contributed by atoms with E-state index in [1.807, 2.05) is 38.1 Å². The van der Waals surface area contributed by atoms with Crippen LogP contribution in [-0.2, 0) is 14.9 Å². The summed E-state index contributed by atoms with van der Waals surface area (Å²) in [7, 11) is 0. The third-order valence-corrected chi connectivity index (χ3v) is 5.11. The number of nitrogens with zero attached hydrogens (tertiary/aromatic N) is 1. The van der Waals surface area contributed by atoms with Crippen molar-refractivity contribution in [3.8, 4) is 0 Å². The van der Waals surface area contributed by atoms with E-state index in [1.165, 1.54) is 0 Å². The van der Waals surface area contributed by atoms with E-state index in [0.29, 0.717) is 6.61 Å². The molecule has 3 nitrogen and oxygen atoms in total. The maximum atomic E-state index is 12.5. The zero-order valence-electron chi connectivity index (χ0n) is 12.2. The average Bonchev–Trinajstić information content (AvgIpc) is 3.00. The van der Waals surface area contributed by atoms with Gasteiger partial charge in [0.2, 0.25) is 0 Å². The van der Waals surface area contributed by atoms with Gasteiger partial charge in [0.25, 0.3) is 0 Å². The number of aliphatic imine (C=N–C) groups is 1. The van der Waals surface area contributed by atoms with Gasteiger partial charge in [-0.05, 0) is 37.5 Å². The van der Waals surface area contributed by atoms with Crippen molar-refractivity contribution in [3.63, 3.8) is 0 Å². The van der Waals surface area contributed by atoms with Gasteiger partial charge in [0.15, 0.2) is 0 Å². The van der Waals surface area contributed by atoms with Gasteiger partial charge in [0.05, 0.1) is 17.9 Å². The summed E-state index contributed by atoms with van der Waals surface area (Å²) < 4.78 is 6.34. The number of benzene rings is 1. The highest BCUT2D eigenvalue weighted by molar-refractivity contribution is 9.10. The molecule has 0 aromatic heterocycles. The fraction of sp³-hybridized carbons (Fsp3) is 0.412. The van der Waals surface area contributed by atoms with Crippen molar-refractivity contribution in [3.05, 3.63) is 46.0 Å². The molecular formula is C17H18BrNO2. The smallest absolute Gasteiger partial charge is 0.314 e. The summed E-state index contributed by atoms with van der Waals surface area (Å²) in [4.78, 5) is 17.2. The Morgan fingerprint density at radius 3 is 2.95 bits per heavy atom. The van der Waals surface area contributed by atoms with Gasteiger partial charge in [-0.25, -0.2) is 0 Å². The van der Waals surface area contributed by atoms with Crippen molar-refractivity contribution in [1.82, 2.24) is 0 Å². The quantitative estimate of drug-likeness (QED) is 0.782. The van der Waals surface area contributed by atoms with Crippen LogP contribution in [0, 0.1) is 5.92 Å². The predicted molar refractivity (Wildman–Crippen MR) is 86.6 cm³/mol. The van der Waals surface area contributed by atoms with E-state index in [2.05, 4.69) is 27.0 Å². The van der Waals surface area contributed by atoms with Crippen molar-refractivity contribution in [1.29, 1.82) is 0 Å². The third-order valence-electron chi connectivity index (χ3n) is 4.41. The molecule has 1 aliphatic carbocycles. The number of rotatable bonds is 3. The summed E-state index contributed by atoms with van der Waals surface area (Å²) in [5, 5.41) is 0. The molecule has 0 amide bonds. The summed E-state index contributed by atoms with van der Waals surface area (Å²) in [6, 6.07) is 8.12. The summed E-state index contributed by atoms with van der Waals surface area (Å²) >= 11 is 3.64. The van der Waals surface area contributed by atoms with E-state index in [4.69, 9.17) is 4.74 Å². The number of hydrogen-bond acceptors (Lipinski definition) is 3. The van der Waals surface area contributed by atoms with Crippen LogP contribution in [0.5, 0.6) is 0 Å². The van der Waals surface area contributed by atoms with Crippen LogP contribution in [-0.4, -0.2) is 24.8 Å². The first-order valence-electron chi connectivity index (χ1n) is 7.26. The van der Waals surface area contributed by atoms with Gasteiger partial charge in [0.1, 0.15) is 0 Å². The van der Waals surface area contributed by atoms with E-state index in [9.17, 15) is 4.79 Å². The molecule has 2 aliphatic rings. The Labute approximate surface area is 133 Å². The second kappa shape index (κ2) is 5.41. The summed E-state index contributed by atoms with van der Waals surface area (Å²) in [6.45, 7) is 5.05. The standard InChI is InChI=1S/C17H18BrNO2/c1-3-21-16(20)13-10-11(2)15-17(13,8-9-19-15)12-6-4-5-7-14(12)18/h4-7,10,13H,3,8-9H2,1-2H3/t13-,17+/m1/s1. The van der Waals surface area contributed by atoms with Crippen LogP contribution < -0.4 is 0 Å². The van der Waals surface area contributed by atoms with Crippen molar-refractivity contribution in [2.24, 2.45) is 10.9 Å². The zero-order chi connectivity index (χ0) is 15.0. The molecule has 1 heterocycles. The van der Waals surface area contributed by atoms with Crippen LogP contribution in [0.15, 0.2) is 45.4 Å². The van der Waals surface area contributed by atoms with Gasteiger partial charge in [0, 0.05) is 16.7 Å². The van der Waals surface area contributed by atoms with Crippen molar-refractivity contribution in [2.45, 2.75) is 25.7 Å². The van der Waals surface area contributed by atoms with Crippen LogP contribution >= 0.6 is 15.9 Å². The van der Waals surface area contributed by atoms with Gasteiger partial charge in [-0.15, -0.1) is 0 Å². The Morgan fingerprint density at radius 1 is 1.48 bits per heavy atom. The number of allylic oxidation sites excluding steroid dienone is 1. The fourth-order valence-corrected chi connectivity index (χ4v) is 4.25. The number of carbonyl (C=O) groups excluding carboxylic acids is 1. The van der Waals surface area contributed by atoms with Crippen LogP contribution in [0.3, 0.4) is 0 Å². The summed E-state index contributed by atoms with van der Waals surface area (Å²) in [5.41, 5.74) is 2.91. The summed E-state index contributed by atoms with van der Waals surface area (Å²) in [6.07, 6.45) is 2.87. The maximum Gasteiger partial charge on any atom is 0.314 e. The minimum Gasteiger partial charge on any atom is -0.466 e. The lowest BCUT2D eigenvalue weighted by molar-refractivity contribution is -0.147. The molecule has 4 heteroatoms. The van der Waals surface area contributed by atoms with Crippen LogP contribution in [0.2, 0.25) is 0 Å². The molecule has 1 aliphatic heterocycles. The first-order chi connectivity index (χ1) is 10.1. The number of ether oxygens (including phenoxy) is 1. The minimum absolute atomic E-state index is 0.153. The van der Waals surface area contributed by atoms with Crippen molar-refractivity contribution < 1.29 is 9.53 Å². The average molecular weight is 348 g/mol. The molecular weight excluding hydrogens is 330 g/mol. The molecule has 3 rings (SSSR count). The third kappa shape index (κ3) is 2.08. The fourth-order valence-electron chi connectivity index (χ4n) is 3.61. The van der Waals surface area contributed by atoms with E-state index < -0.39 is 0 Å². The van der Waals surface area contributed by atoms with Crippen molar-refractivity contribution >= 4 is 27.6 Å². The first-order valence-corrected chi connectivity index (χ1v) is 8.06. The number of esters is 1. The van der Waals surface area contributed by atoms with Crippen molar-refractivity contribution in [2.75, 3.05) is 13.2 Å². The number of carbonyl (C=O) groups is 1. The largest absolute Gasteiger partial charge is 0.466 e. The Balaban J connectivity index is 2.15. The maximum absolute atomic E-state index is 12.5. The van der Waals surface area contributed by atoms with E-state index in [-0.39, 0.29) is 17.3 Å². The van der Waals surface area contributed by atoms with E-state index >= 15 is 0 Å². The highest BCUT2D eigenvalue weighted by Crippen LogP contribution is 2.50. The SMILES string of the molecule is CCOC(=O)[C@H]1C=C(C)C2=NCC[C@@]21c1ccccc1Br. The molecule has 0 saturated carbocycles. The molecule has 110 valence electrons. The van der Waals surface area contributed by atoms with Gasteiger partial charge in [-0.1, -0.05) is 40.2 Å². The molecule has 0 bridgehead atoms. The second-order valence-electron chi connectivity index (χ2n) is 5.51. The molecule has 0 spiro atoms. The number of hydrogen-bond donors (Lipinski definition) is 0. The molecule has 1 aromatic carbocycles. The molecule has 0 N–H and O–H groups in total. The lowest BCUT2D eigenvalue weighted by atomic mass is 9.69. The Kier molecular flexibility index (Phi) is 3.74. The Bertz CT molecular complexity index is 650. The second-order valence-corrected chi connectivity index (χ2v) is 6.37. The lowest BCUT2D eigenvalue weighted by Crippen LogP contribution is -2.41. The van der Waals surface area contributed by atoms with E-state index in [0.717, 1.165) is 34.3 Å². The highest BCUT2D eigenvalue weighted by atomic mass is 79.9. The Hall–Kier alpha value is -1.42. The van der Waals surface area contributed by atoms with Gasteiger partial charge in [-0.3, -0.25) is 9.79 Å². The van der Waals surface area contributed by atoms with Gasteiger partial charge in [-0.2, -0.15) is 0 Å². The van der Waals surface area contributed by atoms with Gasteiger partial charge < -0.3 is 4.74 Å². The molecule has 0 saturated heterocycles. The molecule has 0 radical (unpaired) electrons. The summed E-state index contributed by atoms with van der Waals surface area (Å²) in [5.74, 6) is -0.433. The minimum atomic E-state index is -0.365. The van der Waals surface area contributed by atoms with Crippen LogP contribution in [0.25, 0.3) is 0 Å². The molecule has 0 fully saturated rings. The van der Waals surface area contributed by atoms with Gasteiger partial charge >= 0.3 is 5.97 Å². The first kappa shape index (κ1) is 14.5. The normalized spacial score (nSPS) is 27.1. The molecule has 0 unspecified atom stereocenters. The molecule has 2 atom stereocenters. The lowest BCUT2D eigenvalue weighted by Gasteiger charge is -2.33. The molecule has 1 aromatic rings. The monoisotopic (exact) mass is 347 g/mol. The van der Waals surface area contributed by atoms with Crippen LogP contribution in [0.4, 0.5) is 0 Å². The predicted octanol–water partition coefficient (Wildman–Crippen LogP) is 3.67. The number of fused-ring (bicyclic) bond motifs is 1. The number of halogens is 1. The highest BCUT2D eigenvalue weighted by Gasteiger charge is 2.54. The topological polar surface area (TPSA) is 38.7 Å². The van der Waals surface area contributed by atoms with E-state index in [1.54, 1.807) is 0 Å². The Morgan fingerprint density at radius 2 is 2.24 bits per heavy atom. The van der Waals surface area contributed by atoms with Crippen LogP contribution in [0.1, 0.15) is 25.8 Å². The molecule has 21 heavy (non-hydrogen) atoms. The zero-order valence-corrected chi connectivity index (χ0v) is 13.8.